The fraction of sp³-hybridized carbons (Fsp3) is 0.250. The molecule has 0 N–H and O–H groups in total. The van der Waals surface area contributed by atoms with Gasteiger partial charge in [0, 0.05) is 0 Å². The van der Waals surface area contributed by atoms with Crippen molar-refractivity contribution in [2.75, 3.05) is 6.61 Å². The fourth-order valence-electron chi connectivity index (χ4n) is 3.00. The van der Waals surface area contributed by atoms with E-state index < -0.39 is 42.3 Å². The smallest absolute Gasteiger partial charge is 0.339 e. The zero-order valence-corrected chi connectivity index (χ0v) is 14.1. The van der Waals surface area contributed by atoms with Gasteiger partial charge in [-0.05, 0) is 24.3 Å². The summed E-state index contributed by atoms with van der Waals surface area (Å²) < 4.78 is 21.6. The van der Waals surface area contributed by atoms with Crippen molar-refractivity contribution in [2.45, 2.75) is 24.6 Å². The number of benzene rings is 2. The minimum Gasteiger partial charge on any atom is -0.448 e. The second-order valence-corrected chi connectivity index (χ2v) is 6.16. The van der Waals surface area contributed by atoms with Crippen LogP contribution in [0.5, 0.6) is 0 Å². The summed E-state index contributed by atoms with van der Waals surface area (Å²) >= 11 is 0. The van der Waals surface area contributed by atoms with Gasteiger partial charge in [-0.3, -0.25) is 4.79 Å². The molecule has 0 unspecified atom stereocenters. The van der Waals surface area contributed by atoms with Crippen molar-refractivity contribution in [3.63, 3.8) is 0 Å². The Bertz CT molecular complexity index is 780. The van der Waals surface area contributed by atoms with Crippen LogP contribution in [0.4, 0.5) is 0 Å². The number of hydrogen-bond donors (Lipinski definition) is 0. The number of fused-ring (bicyclic) bond motifs is 2. The molecule has 7 heteroatoms. The zero-order valence-electron chi connectivity index (χ0n) is 14.1. The Kier molecular flexibility index (Phi) is 4.70. The second-order valence-electron chi connectivity index (χ2n) is 6.16. The highest BCUT2D eigenvalue weighted by Crippen LogP contribution is 2.30. The average molecular weight is 368 g/mol. The molecule has 27 heavy (non-hydrogen) atoms. The fourth-order valence-corrected chi connectivity index (χ4v) is 3.00. The van der Waals surface area contributed by atoms with Crippen LogP contribution in [-0.4, -0.2) is 48.9 Å². The van der Waals surface area contributed by atoms with E-state index in [0.717, 1.165) is 0 Å². The van der Waals surface area contributed by atoms with Crippen LogP contribution in [0.15, 0.2) is 60.7 Å². The van der Waals surface area contributed by atoms with Crippen molar-refractivity contribution >= 4 is 17.7 Å². The Morgan fingerprint density at radius 2 is 1.33 bits per heavy atom. The van der Waals surface area contributed by atoms with Gasteiger partial charge in [-0.25, -0.2) is 9.59 Å². The average Bonchev–Trinajstić information content (AvgIpc) is 3.15. The number of rotatable bonds is 4. The highest BCUT2D eigenvalue weighted by atomic mass is 16.8. The molecule has 2 aromatic carbocycles. The molecule has 0 radical (unpaired) electrons. The lowest BCUT2D eigenvalue weighted by Crippen LogP contribution is -2.54. The number of carbonyl (C=O) groups excluding carboxylic acids is 3. The van der Waals surface area contributed by atoms with E-state index in [0.29, 0.717) is 11.1 Å². The van der Waals surface area contributed by atoms with Crippen molar-refractivity contribution in [2.24, 2.45) is 0 Å². The molecule has 2 fully saturated rings. The topological polar surface area (TPSA) is 88.1 Å². The van der Waals surface area contributed by atoms with Crippen LogP contribution in [0.3, 0.4) is 0 Å². The van der Waals surface area contributed by atoms with Gasteiger partial charge in [0.15, 0.2) is 6.10 Å². The SMILES string of the molecule is O=C(O[C@@H]1C(=O)[C@H](OC(=O)c2ccccc2)[C@@H]2OC[C@H]1O2)c1ccccc1. The van der Waals surface area contributed by atoms with E-state index >= 15 is 0 Å². The number of ketones is 1. The summed E-state index contributed by atoms with van der Waals surface area (Å²) in [5.41, 5.74) is 0.604. The molecule has 0 spiro atoms. The maximum atomic E-state index is 12.8. The van der Waals surface area contributed by atoms with Crippen molar-refractivity contribution in [1.82, 2.24) is 0 Å². The van der Waals surface area contributed by atoms with Crippen molar-refractivity contribution < 1.29 is 33.3 Å². The highest BCUT2D eigenvalue weighted by Gasteiger charge is 2.54. The Morgan fingerprint density at radius 1 is 0.815 bits per heavy atom. The van der Waals surface area contributed by atoms with Crippen LogP contribution in [0.25, 0.3) is 0 Å². The molecular weight excluding hydrogens is 352 g/mol. The molecule has 4 atom stereocenters. The van der Waals surface area contributed by atoms with E-state index in [-0.39, 0.29) is 6.61 Å². The van der Waals surface area contributed by atoms with Crippen LogP contribution in [0.2, 0.25) is 0 Å². The van der Waals surface area contributed by atoms with Gasteiger partial charge >= 0.3 is 11.9 Å². The first-order valence-electron chi connectivity index (χ1n) is 8.46. The molecule has 138 valence electrons. The van der Waals surface area contributed by atoms with E-state index in [1.54, 1.807) is 60.7 Å². The zero-order chi connectivity index (χ0) is 18.8. The molecule has 0 aliphatic carbocycles. The van der Waals surface area contributed by atoms with Gasteiger partial charge < -0.3 is 18.9 Å². The Labute approximate surface area is 154 Å². The summed E-state index contributed by atoms with van der Waals surface area (Å²) in [5.74, 6) is -1.89. The molecule has 2 aliphatic heterocycles. The summed E-state index contributed by atoms with van der Waals surface area (Å²) in [6.07, 6.45) is -4.22. The van der Waals surface area contributed by atoms with Crippen LogP contribution in [-0.2, 0) is 23.7 Å². The minimum absolute atomic E-state index is 0.0720. The number of carbonyl (C=O) groups is 3. The molecule has 2 aromatic rings. The van der Waals surface area contributed by atoms with Crippen molar-refractivity contribution in [3.8, 4) is 0 Å². The van der Waals surface area contributed by atoms with E-state index in [9.17, 15) is 14.4 Å². The molecule has 2 aliphatic rings. The number of ether oxygens (including phenoxy) is 4. The Hall–Kier alpha value is -3.03. The molecule has 2 bridgehead atoms. The molecule has 7 nitrogen and oxygen atoms in total. The van der Waals surface area contributed by atoms with Gasteiger partial charge in [-0.15, -0.1) is 0 Å². The van der Waals surface area contributed by atoms with E-state index in [2.05, 4.69) is 0 Å². The van der Waals surface area contributed by atoms with Gasteiger partial charge in [0.2, 0.25) is 18.2 Å². The van der Waals surface area contributed by atoms with Gasteiger partial charge in [0.1, 0.15) is 6.10 Å². The van der Waals surface area contributed by atoms with Crippen LogP contribution < -0.4 is 0 Å². The van der Waals surface area contributed by atoms with Gasteiger partial charge in [0.25, 0.3) is 0 Å². The van der Waals surface area contributed by atoms with E-state index in [4.69, 9.17) is 18.9 Å². The van der Waals surface area contributed by atoms with Gasteiger partial charge in [-0.2, -0.15) is 0 Å². The largest absolute Gasteiger partial charge is 0.448 e. The van der Waals surface area contributed by atoms with Crippen LogP contribution >= 0.6 is 0 Å². The van der Waals surface area contributed by atoms with Gasteiger partial charge in [-0.1, -0.05) is 36.4 Å². The first kappa shape index (κ1) is 17.4. The summed E-state index contributed by atoms with van der Waals surface area (Å²) in [5, 5.41) is 0. The molecule has 4 rings (SSSR count). The monoisotopic (exact) mass is 368 g/mol. The summed E-state index contributed by atoms with van der Waals surface area (Å²) in [4.78, 5) is 37.4. The summed E-state index contributed by atoms with van der Waals surface area (Å²) in [6, 6.07) is 16.6. The molecule has 0 amide bonds. The van der Waals surface area contributed by atoms with Crippen molar-refractivity contribution in [3.05, 3.63) is 71.8 Å². The quantitative estimate of drug-likeness (QED) is 0.760. The maximum Gasteiger partial charge on any atom is 0.339 e. The maximum absolute atomic E-state index is 12.8. The Balaban J connectivity index is 1.50. The lowest BCUT2D eigenvalue weighted by molar-refractivity contribution is -0.189. The molecule has 0 aromatic heterocycles. The third kappa shape index (κ3) is 3.47. The first-order chi connectivity index (χ1) is 13.1. The van der Waals surface area contributed by atoms with Crippen LogP contribution in [0.1, 0.15) is 20.7 Å². The standard InChI is InChI=1S/C20H16O7/c21-15-16(26-18(22)12-7-3-1-4-8-12)14-11-24-20(25-14)17(15)27-19(23)13-9-5-2-6-10-13/h1-10,14,16-17,20H,11H2/t14-,16+,17+,20-/m1/s1. The molecule has 2 saturated heterocycles. The van der Waals surface area contributed by atoms with Crippen LogP contribution in [0, 0.1) is 0 Å². The number of Topliss-reactive ketones (excluding diaryl/α,β-unsaturated/α-hetero) is 1. The summed E-state index contributed by atoms with van der Waals surface area (Å²) in [7, 11) is 0. The predicted octanol–water partition coefficient (Wildman–Crippen LogP) is 1.76. The number of esters is 2. The van der Waals surface area contributed by atoms with Gasteiger partial charge in [0.05, 0.1) is 17.7 Å². The highest BCUT2D eigenvalue weighted by molar-refractivity contribution is 5.97. The second kappa shape index (κ2) is 7.30. The predicted molar refractivity (Wildman–Crippen MR) is 90.9 cm³/mol. The third-order valence-corrected chi connectivity index (χ3v) is 4.37. The summed E-state index contributed by atoms with van der Waals surface area (Å²) in [6.45, 7) is 0.0720. The molecular formula is C20H16O7. The molecule has 2 heterocycles. The van der Waals surface area contributed by atoms with E-state index in [1.807, 2.05) is 0 Å². The molecule has 0 saturated carbocycles. The first-order valence-corrected chi connectivity index (χ1v) is 8.46. The lowest BCUT2D eigenvalue weighted by Gasteiger charge is -2.31. The lowest BCUT2D eigenvalue weighted by atomic mass is 10.0. The minimum atomic E-state index is -1.30. The van der Waals surface area contributed by atoms with Crippen molar-refractivity contribution in [1.29, 1.82) is 0 Å². The van der Waals surface area contributed by atoms with E-state index in [1.165, 1.54) is 0 Å². The number of hydrogen-bond acceptors (Lipinski definition) is 7. The Morgan fingerprint density at radius 3 is 1.89 bits per heavy atom. The third-order valence-electron chi connectivity index (χ3n) is 4.37. The normalized spacial score (nSPS) is 26.4.